The van der Waals surface area contributed by atoms with Gasteiger partial charge in [-0.2, -0.15) is 5.10 Å². The molecule has 0 aliphatic heterocycles. The number of hydrogen-bond acceptors (Lipinski definition) is 7. The first-order valence-electron chi connectivity index (χ1n) is 11.1. The third-order valence-electron chi connectivity index (χ3n) is 5.03. The van der Waals surface area contributed by atoms with E-state index in [1.165, 1.54) is 18.3 Å². The Morgan fingerprint density at radius 1 is 1.09 bits per heavy atom. The van der Waals surface area contributed by atoms with Gasteiger partial charge in [0.1, 0.15) is 18.1 Å². The molecule has 3 aromatic carbocycles. The number of benzene rings is 3. The molecule has 182 valence electrons. The predicted octanol–water partition coefficient (Wildman–Crippen LogP) is 4.54. The molecule has 0 aromatic heterocycles. The van der Waals surface area contributed by atoms with Crippen LogP contribution in [-0.4, -0.2) is 28.8 Å². The molecule has 0 saturated carbocycles. The van der Waals surface area contributed by atoms with Crippen molar-refractivity contribution in [3.05, 3.63) is 99.6 Å². The number of nitro benzene ring substituents is 1. The average molecular weight is 478 g/mol. The van der Waals surface area contributed by atoms with E-state index in [1.54, 1.807) is 60.7 Å². The van der Waals surface area contributed by atoms with Gasteiger partial charge in [-0.15, -0.1) is 0 Å². The highest BCUT2D eigenvalue weighted by molar-refractivity contribution is 5.82. The second-order valence-electron chi connectivity index (χ2n) is 7.63. The number of aliphatic hydroxyl groups is 1. The topological polar surface area (TPSA) is 123 Å². The molecule has 0 spiro atoms. The molecule has 0 unspecified atom stereocenters. The summed E-state index contributed by atoms with van der Waals surface area (Å²) in [7, 11) is 0. The van der Waals surface area contributed by atoms with E-state index < -0.39 is 11.0 Å². The molecule has 1 amide bonds. The lowest BCUT2D eigenvalue weighted by Gasteiger charge is -2.11. The highest BCUT2D eigenvalue weighted by Gasteiger charge is 2.10. The molecular formula is C26H27N3O6. The van der Waals surface area contributed by atoms with E-state index in [4.69, 9.17) is 9.47 Å². The number of amides is 1. The van der Waals surface area contributed by atoms with Crippen LogP contribution in [0.3, 0.4) is 0 Å². The summed E-state index contributed by atoms with van der Waals surface area (Å²) in [5, 5.41) is 25.1. The Balaban J connectivity index is 1.40. The molecular weight excluding hydrogens is 450 g/mol. The second-order valence-corrected chi connectivity index (χ2v) is 7.63. The summed E-state index contributed by atoms with van der Waals surface area (Å²) in [6, 6.07) is 20.4. The van der Waals surface area contributed by atoms with Gasteiger partial charge in [0.2, 0.25) is 5.91 Å². The fourth-order valence-corrected chi connectivity index (χ4v) is 3.20. The number of rotatable bonds is 12. The van der Waals surface area contributed by atoms with Crippen molar-refractivity contribution in [3.63, 3.8) is 0 Å². The van der Waals surface area contributed by atoms with Crippen LogP contribution in [-0.2, 0) is 11.4 Å². The van der Waals surface area contributed by atoms with Gasteiger partial charge in [-0.3, -0.25) is 14.9 Å². The molecule has 1 atom stereocenters. The maximum absolute atomic E-state index is 12.0. The van der Waals surface area contributed by atoms with Gasteiger partial charge >= 0.3 is 0 Å². The Hall–Kier alpha value is -4.24. The first-order chi connectivity index (χ1) is 16.9. The summed E-state index contributed by atoms with van der Waals surface area (Å²) in [5.41, 5.74) is 4.64. The smallest absolute Gasteiger partial charge is 0.269 e. The van der Waals surface area contributed by atoms with Gasteiger partial charge in [-0.25, -0.2) is 5.43 Å². The van der Waals surface area contributed by atoms with Gasteiger partial charge in [0.05, 0.1) is 23.8 Å². The number of nitrogens with one attached hydrogen (secondary N) is 1. The van der Waals surface area contributed by atoms with Gasteiger partial charge in [-0.1, -0.05) is 24.3 Å². The highest BCUT2D eigenvalue weighted by Crippen LogP contribution is 2.21. The Morgan fingerprint density at radius 3 is 2.46 bits per heavy atom. The van der Waals surface area contributed by atoms with E-state index >= 15 is 0 Å². The number of nitro groups is 1. The Morgan fingerprint density at radius 2 is 1.77 bits per heavy atom. The number of hydrogen-bond donors (Lipinski definition) is 2. The molecule has 2 N–H and O–H groups in total. The zero-order valence-electron chi connectivity index (χ0n) is 19.3. The normalized spacial score (nSPS) is 11.7. The van der Waals surface area contributed by atoms with Gasteiger partial charge in [0.25, 0.3) is 5.69 Å². The number of carbonyl (C=O) groups is 1. The lowest BCUT2D eigenvalue weighted by atomic mass is 10.0. The van der Waals surface area contributed by atoms with Crippen molar-refractivity contribution in [3.8, 4) is 11.5 Å². The average Bonchev–Trinajstić information content (AvgIpc) is 2.87. The standard InChI is InChI=1S/C26H27N3O6/c1-2-34-23-12-8-21(9-13-23)25(30)14-15-26(31)28-27-17-19-6-10-24(11-7-19)35-18-20-4-3-5-22(16-20)29(32)33/h3-13,16-17,25,30H,2,14-15,18H2,1H3,(H,28,31)/b27-17-/t25-/m0/s1. The van der Waals surface area contributed by atoms with Crippen LogP contribution in [0.5, 0.6) is 11.5 Å². The van der Waals surface area contributed by atoms with Gasteiger partial charge < -0.3 is 14.6 Å². The largest absolute Gasteiger partial charge is 0.494 e. The maximum atomic E-state index is 12.0. The molecule has 9 heteroatoms. The zero-order valence-corrected chi connectivity index (χ0v) is 19.3. The van der Waals surface area contributed by atoms with Crippen molar-refractivity contribution in [2.45, 2.75) is 32.5 Å². The molecule has 0 saturated heterocycles. The van der Waals surface area contributed by atoms with Crippen LogP contribution < -0.4 is 14.9 Å². The van der Waals surface area contributed by atoms with Gasteiger partial charge in [0.15, 0.2) is 0 Å². The van der Waals surface area contributed by atoms with Crippen LogP contribution in [0.1, 0.15) is 42.6 Å². The van der Waals surface area contributed by atoms with E-state index in [9.17, 15) is 20.0 Å². The minimum atomic E-state index is -0.755. The minimum Gasteiger partial charge on any atom is -0.494 e. The van der Waals surface area contributed by atoms with Crippen molar-refractivity contribution in [1.29, 1.82) is 0 Å². The number of nitrogens with zero attached hydrogens (tertiary/aromatic N) is 2. The van der Waals surface area contributed by atoms with Gasteiger partial charge in [0, 0.05) is 18.6 Å². The molecule has 0 aliphatic rings. The van der Waals surface area contributed by atoms with E-state index in [-0.39, 0.29) is 31.0 Å². The van der Waals surface area contributed by atoms with Crippen molar-refractivity contribution in [1.82, 2.24) is 5.43 Å². The molecule has 0 bridgehead atoms. The molecule has 9 nitrogen and oxygen atoms in total. The lowest BCUT2D eigenvalue weighted by molar-refractivity contribution is -0.384. The molecule has 0 heterocycles. The van der Waals surface area contributed by atoms with Crippen LogP contribution in [0.2, 0.25) is 0 Å². The highest BCUT2D eigenvalue weighted by atomic mass is 16.6. The monoisotopic (exact) mass is 477 g/mol. The second kappa shape index (κ2) is 12.9. The molecule has 3 aromatic rings. The quantitative estimate of drug-likeness (QED) is 0.224. The maximum Gasteiger partial charge on any atom is 0.269 e. The van der Waals surface area contributed by atoms with Crippen LogP contribution in [0.4, 0.5) is 5.69 Å². The van der Waals surface area contributed by atoms with Crippen molar-refractivity contribution in [2.75, 3.05) is 6.61 Å². The number of ether oxygens (including phenoxy) is 2. The van der Waals surface area contributed by atoms with Crippen LogP contribution in [0, 0.1) is 10.1 Å². The van der Waals surface area contributed by atoms with E-state index in [0.717, 1.165) is 16.9 Å². The van der Waals surface area contributed by atoms with E-state index in [2.05, 4.69) is 10.5 Å². The summed E-state index contributed by atoms with van der Waals surface area (Å²) in [4.78, 5) is 22.4. The summed E-state index contributed by atoms with van der Waals surface area (Å²) in [6.45, 7) is 2.68. The third-order valence-corrected chi connectivity index (χ3v) is 5.03. The first-order valence-corrected chi connectivity index (χ1v) is 11.1. The van der Waals surface area contributed by atoms with E-state index in [0.29, 0.717) is 17.9 Å². The minimum absolute atomic E-state index is 0.0189. The summed E-state index contributed by atoms with van der Waals surface area (Å²) < 4.78 is 11.0. The van der Waals surface area contributed by atoms with Crippen LogP contribution >= 0.6 is 0 Å². The number of aliphatic hydroxyl groups excluding tert-OH is 1. The van der Waals surface area contributed by atoms with Crippen molar-refractivity contribution >= 4 is 17.8 Å². The molecule has 0 radical (unpaired) electrons. The molecule has 3 rings (SSSR count). The van der Waals surface area contributed by atoms with Crippen molar-refractivity contribution < 1.29 is 24.3 Å². The summed E-state index contributed by atoms with van der Waals surface area (Å²) >= 11 is 0. The molecule has 0 aliphatic carbocycles. The zero-order chi connectivity index (χ0) is 25.0. The first kappa shape index (κ1) is 25.4. The van der Waals surface area contributed by atoms with Crippen molar-refractivity contribution in [2.24, 2.45) is 5.10 Å². The summed E-state index contributed by atoms with van der Waals surface area (Å²) in [6.07, 6.45) is 1.14. The van der Waals surface area contributed by atoms with Crippen LogP contribution in [0.15, 0.2) is 77.9 Å². The number of hydrazone groups is 1. The third kappa shape index (κ3) is 8.24. The fourth-order valence-electron chi connectivity index (χ4n) is 3.20. The molecule has 0 fully saturated rings. The molecule has 35 heavy (non-hydrogen) atoms. The summed E-state index contributed by atoms with van der Waals surface area (Å²) in [5.74, 6) is 1.03. The van der Waals surface area contributed by atoms with Gasteiger partial charge in [-0.05, 0) is 66.4 Å². The SMILES string of the molecule is CCOc1ccc([C@@H](O)CCC(=O)N/N=C\c2ccc(OCc3cccc([N+](=O)[O-])c3)cc2)cc1. The Kier molecular flexibility index (Phi) is 9.32. The number of non-ortho nitro benzene ring substituents is 1. The predicted molar refractivity (Wildman–Crippen MR) is 131 cm³/mol. The Labute approximate surface area is 203 Å². The van der Waals surface area contributed by atoms with Crippen LogP contribution in [0.25, 0.3) is 0 Å². The van der Waals surface area contributed by atoms with E-state index in [1.807, 2.05) is 6.92 Å². The number of carbonyl (C=O) groups excluding carboxylic acids is 1. The lowest BCUT2D eigenvalue weighted by Crippen LogP contribution is -2.18. The Bertz CT molecular complexity index is 1150. The fraction of sp³-hybridized carbons (Fsp3) is 0.231.